The minimum atomic E-state index is -4.47. The van der Waals surface area contributed by atoms with E-state index in [9.17, 15) is 27.2 Å². The molecule has 0 spiro atoms. The smallest absolute Gasteiger partial charge is 0.408 e. The maximum atomic E-state index is 13.4. The van der Waals surface area contributed by atoms with E-state index in [1.807, 2.05) is 0 Å². The number of hydrogen-bond donors (Lipinski definition) is 2. The van der Waals surface area contributed by atoms with E-state index in [1.54, 1.807) is 18.2 Å². The Hall–Kier alpha value is -3.28. The lowest BCUT2D eigenvalue weighted by molar-refractivity contribution is -0.143. The highest BCUT2D eigenvalue weighted by Crippen LogP contribution is 2.28. The van der Waals surface area contributed by atoms with Crippen LogP contribution in [0.5, 0.6) is 0 Å². The lowest BCUT2D eigenvalue weighted by atomic mass is 10.1. The van der Waals surface area contributed by atoms with Gasteiger partial charge in [0.05, 0.1) is 17.0 Å². The average Bonchev–Trinajstić information content (AvgIpc) is 3.29. The van der Waals surface area contributed by atoms with Crippen LogP contribution >= 0.6 is 11.3 Å². The molecule has 31 heavy (non-hydrogen) atoms. The van der Waals surface area contributed by atoms with E-state index in [1.165, 1.54) is 18.2 Å². The number of hydrogen-bond acceptors (Lipinski definition) is 5. The summed E-state index contributed by atoms with van der Waals surface area (Å²) in [7, 11) is 0. The van der Waals surface area contributed by atoms with Crippen LogP contribution in [0.1, 0.15) is 21.8 Å². The molecule has 3 aromatic rings. The van der Waals surface area contributed by atoms with E-state index < -0.39 is 42.9 Å². The largest absolute Gasteiger partial charge is 0.481 e. The molecule has 0 saturated heterocycles. The molecular weight excluding hydrogens is 440 g/mol. The second-order valence-electron chi connectivity index (χ2n) is 6.67. The molecule has 0 aliphatic rings. The first-order valence-electron chi connectivity index (χ1n) is 8.93. The highest BCUT2D eigenvalue weighted by molar-refractivity contribution is 7.17. The topological polar surface area (TPSA) is 97.1 Å². The van der Waals surface area contributed by atoms with Gasteiger partial charge in [0.15, 0.2) is 0 Å². The highest BCUT2D eigenvalue weighted by Gasteiger charge is 2.29. The molecule has 164 valence electrons. The van der Waals surface area contributed by atoms with E-state index in [0.29, 0.717) is 15.1 Å². The van der Waals surface area contributed by atoms with Crippen LogP contribution < -0.4 is 5.32 Å². The number of halogens is 4. The van der Waals surface area contributed by atoms with Gasteiger partial charge in [0.2, 0.25) is 0 Å². The molecule has 3 rings (SSSR count). The van der Waals surface area contributed by atoms with Crippen LogP contribution in [0, 0.1) is 5.82 Å². The molecule has 2 N–H and O–H groups in total. The van der Waals surface area contributed by atoms with Gasteiger partial charge in [0, 0.05) is 23.5 Å². The van der Waals surface area contributed by atoms with E-state index >= 15 is 0 Å². The van der Waals surface area contributed by atoms with Gasteiger partial charge in [-0.15, -0.1) is 16.4 Å². The number of aliphatic carboxylic acids is 1. The molecule has 0 fully saturated rings. The third-order valence-corrected chi connectivity index (χ3v) is 5.21. The van der Waals surface area contributed by atoms with Crippen LogP contribution in [0.25, 0.3) is 10.4 Å². The van der Waals surface area contributed by atoms with Gasteiger partial charge in [-0.2, -0.15) is 13.2 Å². The zero-order valence-electron chi connectivity index (χ0n) is 15.8. The number of benzene rings is 1. The molecule has 0 aliphatic heterocycles. The summed E-state index contributed by atoms with van der Waals surface area (Å²) >= 11 is 1.10. The molecule has 1 aromatic carbocycles. The second kappa shape index (κ2) is 9.25. The average molecular weight is 456 g/mol. The summed E-state index contributed by atoms with van der Waals surface area (Å²) in [5.74, 6) is -2.17. The van der Waals surface area contributed by atoms with Crippen LogP contribution in [0.3, 0.4) is 0 Å². The van der Waals surface area contributed by atoms with Crippen LogP contribution in [0.15, 0.2) is 42.6 Å². The molecule has 1 atom stereocenters. The summed E-state index contributed by atoms with van der Waals surface area (Å²) in [5.41, 5.74) is 0.704. The molecule has 0 radical (unpaired) electrons. The Labute approximate surface area is 177 Å². The van der Waals surface area contributed by atoms with Crippen molar-refractivity contribution in [1.82, 2.24) is 20.3 Å². The Morgan fingerprint density at radius 1 is 1.23 bits per heavy atom. The summed E-state index contributed by atoms with van der Waals surface area (Å²) in [5, 5.41) is 18.7. The number of alkyl halides is 3. The number of carbonyl (C=O) groups excluding carboxylic acids is 1. The fourth-order valence-corrected chi connectivity index (χ4v) is 3.75. The van der Waals surface area contributed by atoms with Gasteiger partial charge in [0.1, 0.15) is 12.4 Å². The maximum absolute atomic E-state index is 13.4. The number of carboxylic acids is 1. The second-order valence-corrected chi connectivity index (χ2v) is 7.75. The van der Waals surface area contributed by atoms with E-state index in [0.717, 1.165) is 17.5 Å². The SMILES string of the molecule is O=C(O)CC(Cc1cn(CC(F)(F)F)nn1)NC(=O)c1ccc(-c2cccc(F)c2)s1. The van der Waals surface area contributed by atoms with Crippen molar-refractivity contribution in [2.24, 2.45) is 0 Å². The van der Waals surface area contributed by atoms with Crippen molar-refractivity contribution in [2.75, 3.05) is 0 Å². The quantitative estimate of drug-likeness (QED) is 0.506. The lowest BCUT2D eigenvalue weighted by Gasteiger charge is -2.15. The monoisotopic (exact) mass is 456 g/mol. The van der Waals surface area contributed by atoms with Gasteiger partial charge < -0.3 is 10.4 Å². The highest BCUT2D eigenvalue weighted by atomic mass is 32.1. The Kier molecular flexibility index (Phi) is 6.68. The standard InChI is InChI=1S/C19H16F4N4O3S/c20-12-3-1-2-11(6-12)15-4-5-16(31-15)18(30)24-13(8-17(28)29)7-14-9-27(26-25-14)10-19(21,22)23/h1-6,9,13H,7-8,10H2,(H,24,30)(H,28,29). The summed E-state index contributed by atoms with van der Waals surface area (Å²) in [4.78, 5) is 24.7. The fourth-order valence-electron chi connectivity index (χ4n) is 2.84. The Morgan fingerprint density at radius 2 is 2.00 bits per heavy atom. The Morgan fingerprint density at radius 3 is 2.68 bits per heavy atom. The van der Waals surface area contributed by atoms with Crippen molar-refractivity contribution in [3.05, 3.63) is 59.0 Å². The number of rotatable bonds is 8. The van der Waals surface area contributed by atoms with E-state index in [-0.39, 0.29) is 17.0 Å². The summed E-state index contributed by atoms with van der Waals surface area (Å²) in [6.45, 7) is -1.33. The van der Waals surface area contributed by atoms with Gasteiger partial charge in [-0.3, -0.25) is 9.59 Å². The molecular formula is C19H16F4N4O3S. The summed E-state index contributed by atoms with van der Waals surface area (Å²) < 4.78 is 51.3. The first kappa shape index (κ1) is 22.4. The summed E-state index contributed by atoms with van der Waals surface area (Å²) in [6, 6.07) is 8.10. The minimum Gasteiger partial charge on any atom is -0.481 e. The van der Waals surface area contributed by atoms with E-state index in [2.05, 4.69) is 15.6 Å². The number of aromatic nitrogens is 3. The van der Waals surface area contributed by atoms with Gasteiger partial charge in [-0.1, -0.05) is 17.3 Å². The predicted octanol–water partition coefficient (Wildman–Crippen LogP) is 3.52. The van der Waals surface area contributed by atoms with Crippen molar-refractivity contribution in [1.29, 1.82) is 0 Å². The first-order chi connectivity index (χ1) is 14.6. The van der Waals surface area contributed by atoms with E-state index in [4.69, 9.17) is 5.11 Å². The number of carboxylic acid groups (broad SMARTS) is 1. The molecule has 0 aliphatic carbocycles. The normalized spacial score (nSPS) is 12.5. The molecule has 7 nitrogen and oxygen atoms in total. The zero-order chi connectivity index (χ0) is 22.6. The van der Waals surface area contributed by atoms with Crippen LogP contribution in [-0.2, 0) is 17.8 Å². The lowest BCUT2D eigenvalue weighted by Crippen LogP contribution is -2.37. The van der Waals surface area contributed by atoms with Crippen molar-refractivity contribution < 1.29 is 32.3 Å². The molecule has 1 unspecified atom stereocenters. The third-order valence-electron chi connectivity index (χ3n) is 4.08. The number of amides is 1. The van der Waals surface area contributed by atoms with Crippen molar-refractivity contribution >= 4 is 23.2 Å². The molecule has 1 amide bonds. The first-order valence-corrected chi connectivity index (χ1v) is 9.75. The number of carbonyl (C=O) groups is 2. The molecule has 12 heteroatoms. The minimum absolute atomic E-state index is 0.113. The molecule has 0 bridgehead atoms. The molecule has 0 saturated carbocycles. The number of thiophene rings is 1. The van der Waals surface area contributed by atoms with Crippen LogP contribution in [0.4, 0.5) is 17.6 Å². The Bertz CT molecular complexity index is 1080. The third kappa shape index (κ3) is 6.60. The van der Waals surface area contributed by atoms with Crippen molar-refractivity contribution in [3.63, 3.8) is 0 Å². The van der Waals surface area contributed by atoms with Crippen molar-refractivity contribution in [2.45, 2.75) is 31.6 Å². The number of nitrogens with one attached hydrogen (secondary N) is 1. The van der Waals surface area contributed by atoms with Gasteiger partial charge in [-0.05, 0) is 29.8 Å². The number of nitrogens with zero attached hydrogens (tertiary/aromatic N) is 3. The predicted molar refractivity (Wildman–Crippen MR) is 103 cm³/mol. The molecule has 2 aromatic heterocycles. The van der Waals surface area contributed by atoms with Gasteiger partial charge in [0.25, 0.3) is 5.91 Å². The molecule has 2 heterocycles. The van der Waals surface area contributed by atoms with Crippen molar-refractivity contribution in [3.8, 4) is 10.4 Å². The van der Waals surface area contributed by atoms with Gasteiger partial charge >= 0.3 is 12.1 Å². The fraction of sp³-hybridized carbons (Fsp3) is 0.263. The van der Waals surface area contributed by atoms with Gasteiger partial charge in [-0.25, -0.2) is 9.07 Å². The van der Waals surface area contributed by atoms with Crippen LogP contribution in [0.2, 0.25) is 0 Å². The summed E-state index contributed by atoms with van der Waals surface area (Å²) in [6.07, 6.45) is -3.99. The Balaban J connectivity index is 1.69. The maximum Gasteiger partial charge on any atom is 0.408 e. The zero-order valence-corrected chi connectivity index (χ0v) is 16.6. The van der Waals surface area contributed by atoms with Crippen LogP contribution in [-0.4, -0.2) is 44.2 Å².